The van der Waals surface area contributed by atoms with E-state index < -0.39 is 0 Å². The molecule has 0 fully saturated rings. The Morgan fingerprint density at radius 3 is 2.68 bits per heavy atom. The van der Waals surface area contributed by atoms with Crippen LogP contribution in [0.3, 0.4) is 0 Å². The summed E-state index contributed by atoms with van der Waals surface area (Å²) in [5.41, 5.74) is 2.35. The second kappa shape index (κ2) is 7.98. The molecule has 1 atom stereocenters. The minimum Gasteiger partial charge on any atom is -0.360 e. The number of thiophene rings is 1. The van der Waals surface area contributed by atoms with E-state index in [-0.39, 0.29) is 12.1 Å². The lowest BCUT2D eigenvalue weighted by molar-refractivity contribution is 0.250. The van der Waals surface area contributed by atoms with Crippen LogP contribution in [0.2, 0.25) is 0 Å². The van der Waals surface area contributed by atoms with Crippen molar-refractivity contribution in [2.75, 3.05) is 5.32 Å². The molecule has 5 nitrogen and oxygen atoms in total. The molecule has 0 aliphatic carbocycles. The van der Waals surface area contributed by atoms with Crippen molar-refractivity contribution in [3.63, 3.8) is 0 Å². The maximum absolute atomic E-state index is 12.4. The second-order valence-electron chi connectivity index (χ2n) is 5.86. The van der Waals surface area contributed by atoms with Gasteiger partial charge in [0, 0.05) is 10.9 Å². The van der Waals surface area contributed by atoms with Gasteiger partial charge in [-0.25, -0.2) is 4.79 Å². The van der Waals surface area contributed by atoms with Crippen molar-refractivity contribution in [2.24, 2.45) is 0 Å². The number of carbonyl (C=O) groups excluding carboxylic acids is 1. The number of hydrogen-bond donors (Lipinski definition) is 2. The molecule has 25 heavy (non-hydrogen) atoms. The number of carbonyl (C=O) groups is 1. The first-order chi connectivity index (χ1) is 12.2. The van der Waals surface area contributed by atoms with Crippen molar-refractivity contribution in [1.29, 1.82) is 0 Å². The summed E-state index contributed by atoms with van der Waals surface area (Å²) in [6, 6.07) is 13.6. The average molecular weight is 355 g/mol. The number of benzene rings is 1. The molecule has 0 aliphatic heterocycles. The van der Waals surface area contributed by atoms with Gasteiger partial charge >= 0.3 is 6.03 Å². The van der Waals surface area contributed by atoms with Gasteiger partial charge in [-0.1, -0.05) is 48.8 Å². The average Bonchev–Trinajstić information content (AvgIpc) is 3.26. The zero-order valence-electron chi connectivity index (χ0n) is 14.3. The lowest BCUT2D eigenvalue weighted by atomic mass is 10.0. The van der Waals surface area contributed by atoms with Crippen molar-refractivity contribution >= 4 is 23.2 Å². The Hall–Kier alpha value is -2.60. The minimum atomic E-state index is -0.315. The van der Waals surface area contributed by atoms with Gasteiger partial charge in [0.15, 0.2) is 5.82 Å². The lowest BCUT2D eigenvalue weighted by Crippen LogP contribution is -2.32. The highest BCUT2D eigenvalue weighted by molar-refractivity contribution is 7.10. The molecule has 1 aromatic carbocycles. The molecule has 2 N–H and O–H groups in total. The van der Waals surface area contributed by atoms with Crippen LogP contribution < -0.4 is 10.6 Å². The Morgan fingerprint density at radius 2 is 2.08 bits per heavy atom. The minimum absolute atomic E-state index is 0.205. The van der Waals surface area contributed by atoms with Gasteiger partial charge in [-0.15, -0.1) is 11.3 Å². The number of aromatic nitrogens is 1. The van der Waals surface area contributed by atoms with E-state index in [0.717, 1.165) is 23.3 Å². The summed E-state index contributed by atoms with van der Waals surface area (Å²) in [7, 11) is 0. The van der Waals surface area contributed by atoms with E-state index in [0.29, 0.717) is 11.6 Å². The summed E-state index contributed by atoms with van der Waals surface area (Å²) < 4.78 is 4.97. The first-order valence-corrected chi connectivity index (χ1v) is 9.16. The first kappa shape index (κ1) is 17.2. The molecule has 3 rings (SSSR count). The van der Waals surface area contributed by atoms with E-state index in [9.17, 15) is 4.79 Å². The molecule has 0 saturated heterocycles. The largest absolute Gasteiger partial charge is 0.360 e. The third-order valence-corrected chi connectivity index (χ3v) is 4.76. The van der Waals surface area contributed by atoms with Crippen LogP contribution in [0.5, 0.6) is 0 Å². The van der Waals surface area contributed by atoms with Crippen molar-refractivity contribution in [3.05, 3.63) is 69.6 Å². The summed E-state index contributed by atoms with van der Waals surface area (Å²) in [5, 5.41) is 11.5. The molecule has 0 unspecified atom stereocenters. The van der Waals surface area contributed by atoms with E-state index in [2.05, 4.69) is 47.0 Å². The Balaban J connectivity index is 1.77. The van der Waals surface area contributed by atoms with Crippen LogP contribution in [-0.4, -0.2) is 11.2 Å². The summed E-state index contributed by atoms with van der Waals surface area (Å²) in [6.45, 7) is 3.95. The van der Waals surface area contributed by atoms with E-state index >= 15 is 0 Å². The maximum atomic E-state index is 12.4. The summed E-state index contributed by atoms with van der Waals surface area (Å²) in [5.74, 6) is 1.05. The van der Waals surface area contributed by atoms with Crippen molar-refractivity contribution in [3.8, 4) is 0 Å². The quantitative estimate of drug-likeness (QED) is 0.660. The van der Waals surface area contributed by atoms with Crippen LogP contribution in [-0.2, 0) is 6.42 Å². The maximum Gasteiger partial charge on any atom is 0.321 e. The highest BCUT2D eigenvalue weighted by atomic mass is 32.1. The van der Waals surface area contributed by atoms with E-state index in [1.54, 1.807) is 24.3 Å². The Labute approximate surface area is 151 Å². The van der Waals surface area contributed by atoms with Gasteiger partial charge in [-0.2, -0.15) is 0 Å². The molecule has 2 amide bonds. The number of nitrogens with one attached hydrogen (secondary N) is 2. The number of hydrogen-bond acceptors (Lipinski definition) is 4. The van der Waals surface area contributed by atoms with Gasteiger partial charge in [0.25, 0.3) is 0 Å². The topological polar surface area (TPSA) is 67.2 Å². The van der Waals surface area contributed by atoms with Gasteiger partial charge in [0.1, 0.15) is 5.76 Å². The van der Waals surface area contributed by atoms with E-state index in [1.807, 2.05) is 17.5 Å². The van der Waals surface area contributed by atoms with Gasteiger partial charge in [-0.05, 0) is 35.9 Å². The van der Waals surface area contributed by atoms with Crippen LogP contribution >= 0.6 is 11.3 Å². The fourth-order valence-corrected chi connectivity index (χ4v) is 3.45. The zero-order chi connectivity index (χ0) is 17.6. The van der Waals surface area contributed by atoms with Crippen LogP contribution in [0.15, 0.2) is 52.4 Å². The molecule has 0 aliphatic rings. The highest BCUT2D eigenvalue weighted by Crippen LogP contribution is 2.26. The molecular formula is C19H21N3O2S. The molecule has 6 heteroatoms. The summed E-state index contributed by atoms with van der Waals surface area (Å²) in [6.07, 6.45) is 2.18. The fourth-order valence-electron chi connectivity index (χ4n) is 2.65. The standard InChI is InChI=1S/C19H21N3O2S/c1-3-5-14-7-9-15(10-8-14)18(16-6-4-11-25-16)21-19(23)20-17-12-13(2)24-22-17/h4,6-12,18H,3,5H2,1-2H3,(H2,20,21,22,23)/t18-/m0/s1. The van der Waals surface area contributed by atoms with Crippen molar-refractivity contribution in [2.45, 2.75) is 32.7 Å². The molecule has 130 valence electrons. The molecule has 3 aromatic rings. The number of nitrogens with zero attached hydrogens (tertiary/aromatic N) is 1. The predicted molar refractivity (Wildman–Crippen MR) is 100.0 cm³/mol. The van der Waals surface area contributed by atoms with Crippen LogP contribution in [0.1, 0.15) is 41.2 Å². The molecule has 0 spiro atoms. The number of urea groups is 1. The van der Waals surface area contributed by atoms with Crippen molar-refractivity contribution in [1.82, 2.24) is 10.5 Å². The van der Waals surface area contributed by atoms with Gasteiger partial charge < -0.3 is 9.84 Å². The van der Waals surface area contributed by atoms with Crippen LogP contribution in [0, 0.1) is 6.92 Å². The highest BCUT2D eigenvalue weighted by Gasteiger charge is 2.18. The SMILES string of the molecule is CCCc1ccc([C@H](NC(=O)Nc2cc(C)on2)c2cccs2)cc1. The Bertz CT molecular complexity index is 810. The Morgan fingerprint density at radius 1 is 1.28 bits per heavy atom. The van der Waals surface area contributed by atoms with Crippen LogP contribution in [0.25, 0.3) is 0 Å². The normalized spacial score (nSPS) is 11.9. The molecule has 0 radical (unpaired) electrons. The number of anilines is 1. The molecule has 2 heterocycles. The number of rotatable bonds is 6. The van der Waals surface area contributed by atoms with Gasteiger partial charge in [0.05, 0.1) is 6.04 Å². The summed E-state index contributed by atoms with van der Waals surface area (Å²) >= 11 is 1.62. The third kappa shape index (κ3) is 4.48. The summed E-state index contributed by atoms with van der Waals surface area (Å²) in [4.78, 5) is 13.4. The second-order valence-corrected chi connectivity index (χ2v) is 6.84. The molecule has 2 aromatic heterocycles. The van der Waals surface area contributed by atoms with Gasteiger partial charge in [-0.3, -0.25) is 5.32 Å². The zero-order valence-corrected chi connectivity index (χ0v) is 15.1. The van der Waals surface area contributed by atoms with E-state index in [4.69, 9.17) is 4.52 Å². The number of aryl methyl sites for hydroxylation is 2. The molecule has 0 bridgehead atoms. The Kier molecular flexibility index (Phi) is 5.50. The smallest absolute Gasteiger partial charge is 0.321 e. The van der Waals surface area contributed by atoms with Gasteiger partial charge in [0.2, 0.25) is 0 Å². The fraction of sp³-hybridized carbons (Fsp3) is 0.263. The lowest BCUT2D eigenvalue weighted by Gasteiger charge is -2.18. The van der Waals surface area contributed by atoms with E-state index in [1.165, 1.54) is 5.56 Å². The molecular weight excluding hydrogens is 334 g/mol. The number of amides is 2. The monoisotopic (exact) mass is 355 g/mol. The predicted octanol–water partition coefficient (Wildman–Crippen LogP) is 4.91. The van der Waals surface area contributed by atoms with Crippen LogP contribution in [0.4, 0.5) is 10.6 Å². The molecule has 0 saturated carbocycles. The van der Waals surface area contributed by atoms with Crippen molar-refractivity contribution < 1.29 is 9.32 Å². The first-order valence-electron chi connectivity index (χ1n) is 8.29. The third-order valence-electron chi connectivity index (χ3n) is 3.82.